The fourth-order valence-corrected chi connectivity index (χ4v) is 4.19. The summed E-state index contributed by atoms with van der Waals surface area (Å²) in [4.78, 5) is 11.9. The van der Waals surface area contributed by atoms with Crippen LogP contribution in [0.25, 0.3) is 0 Å². The van der Waals surface area contributed by atoms with Gasteiger partial charge in [0.05, 0.1) is 6.61 Å². The second-order valence-corrected chi connectivity index (χ2v) is 10.4. The van der Waals surface area contributed by atoms with Crippen molar-refractivity contribution >= 4 is 8.80 Å². The Labute approximate surface area is 175 Å². The van der Waals surface area contributed by atoms with E-state index in [0.717, 1.165) is 16.7 Å². The molecule has 0 bridgehead atoms. The molecular formula is C23H32O5Si. The van der Waals surface area contributed by atoms with Crippen molar-refractivity contribution in [1.29, 1.82) is 0 Å². The molecule has 2 aromatic carbocycles. The van der Waals surface area contributed by atoms with Crippen LogP contribution in [0.15, 0.2) is 66.9 Å². The Bertz CT molecular complexity index is 785. The Morgan fingerprint density at radius 3 is 1.97 bits per heavy atom. The molecule has 2 rings (SSSR count). The van der Waals surface area contributed by atoms with Gasteiger partial charge in [-0.1, -0.05) is 61.2 Å². The third-order valence-corrected chi connectivity index (χ3v) is 7.03. The first-order chi connectivity index (χ1) is 13.7. The van der Waals surface area contributed by atoms with E-state index in [9.17, 15) is 0 Å². The minimum atomic E-state index is -2.88. The zero-order valence-electron chi connectivity index (χ0n) is 18.2. The summed E-state index contributed by atoms with van der Waals surface area (Å²) in [5.41, 5.74) is 3.28. The van der Waals surface area contributed by atoms with Gasteiger partial charge in [0.25, 0.3) is 0 Å². The van der Waals surface area contributed by atoms with Crippen molar-refractivity contribution in [2.75, 3.05) is 14.2 Å². The van der Waals surface area contributed by atoms with Crippen LogP contribution >= 0.6 is 0 Å². The van der Waals surface area contributed by atoms with Gasteiger partial charge < -0.3 is 13.3 Å². The monoisotopic (exact) mass is 416 g/mol. The van der Waals surface area contributed by atoms with Gasteiger partial charge in [0, 0.05) is 14.2 Å². The van der Waals surface area contributed by atoms with Gasteiger partial charge in [0.15, 0.2) is 0 Å². The average molecular weight is 417 g/mol. The Morgan fingerprint density at radius 1 is 0.828 bits per heavy atom. The standard InChI is InChI=1S/C23H32O5Si/c1-8-29(24-6,25-7)26-18-19-14-12-13-17-21(19)23(4,5)28-27-22(2,3)20-15-10-9-11-16-20/h8-17H,1,18H2,2-7H3. The third kappa shape index (κ3) is 5.85. The summed E-state index contributed by atoms with van der Waals surface area (Å²) in [6, 6.07) is 17.9. The first-order valence-corrected chi connectivity index (χ1v) is 11.4. The van der Waals surface area contributed by atoms with Crippen molar-refractivity contribution < 1.29 is 23.1 Å². The van der Waals surface area contributed by atoms with Crippen LogP contribution in [-0.2, 0) is 40.9 Å². The summed E-state index contributed by atoms with van der Waals surface area (Å²) < 4.78 is 16.9. The van der Waals surface area contributed by atoms with E-state index in [1.54, 1.807) is 19.9 Å². The molecule has 0 fully saturated rings. The van der Waals surface area contributed by atoms with Crippen molar-refractivity contribution in [1.82, 2.24) is 0 Å². The lowest BCUT2D eigenvalue weighted by molar-refractivity contribution is -0.410. The summed E-state index contributed by atoms with van der Waals surface area (Å²) in [6.45, 7) is 12.0. The Hall–Kier alpha value is -1.80. The fraction of sp³-hybridized carbons (Fsp3) is 0.391. The van der Waals surface area contributed by atoms with E-state index in [-0.39, 0.29) is 0 Å². The Kier molecular flexibility index (Phi) is 7.93. The molecule has 0 N–H and O–H groups in total. The van der Waals surface area contributed by atoms with Crippen LogP contribution in [0, 0.1) is 0 Å². The molecule has 0 aliphatic heterocycles. The van der Waals surface area contributed by atoms with Gasteiger partial charge in [0.2, 0.25) is 0 Å². The number of hydrogen-bond acceptors (Lipinski definition) is 5. The number of benzene rings is 2. The van der Waals surface area contributed by atoms with E-state index in [2.05, 4.69) is 6.58 Å². The highest BCUT2D eigenvalue weighted by molar-refractivity contribution is 6.66. The molecular weight excluding hydrogens is 384 g/mol. The van der Waals surface area contributed by atoms with Gasteiger partial charge >= 0.3 is 8.80 Å². The van der Waals surface area contributed by atoms with E-state index in [0.29, 0.717) is 6.61 Å². The fourth-order valence-electron chi connectivity index (χ4n) is 2.98. The highest BCUT2D eigenvalue weighted by Gasteiger charge is 2.36. The SMILES string of the molecule is C=C[Si](OC)(OC)OCc1ccccc1C(C)(C)OOC(C)(C)c1ccccc1. The average Bonchev–Trinajstić information content (AvgIpc) is 2.75. The van der Waals surface area contributed by atoms with Crippen LogP contribution < -0.4 is 0 Å². The molecule has 0 heterocycles. The highest BCUT2D eigenvalue weighted by Crippen LogP contribution is 2.33. The maximum Gasteiger partial charge on any atom is 0.528 e. The lowest BCUT2D eigenvalue weighted by Crippen LogP contribution is -2.42. The molecule has 0 aliphatic rings. The molecule has 0 saturated carbocycles. The van der Waals surface area contributed by atoms with Gasteiger partial charge in [-0.05, 0) is 50.1 Å². The number of hydrogen-bond donors (Lipinski definition) is 0. The van der Waals surface area contributed by atoms with E-state index in [4.69, 9.17) is 23.1 Å². The minimum Gasteiger partial charge on any atom is -0.374 e. The maximum atomic E-state index is 5.99. The molecule has 0 aromatic heterocycles. The van der Waals surface area contributed by atoms with Gasteiger partial charge in [-0.25, -0.2) is 9.78 Å². The van der Waals surface area contributed by atoms with Crippen molar-refractivity contribution in [3.63, 3.8) is 0 Å². The molecule has 6 heteroatoms. The van der Waals surface area contributed by atoms with Crippen LogP contribution in [0.1, 0.15) is 44.4 Å². The summed E-state index contributed by atoms with van der Waals surface area (Å²) in [5.74, 6) is 0. The predicted molar refractivity (Wildman–Crippen MR) is 116 cm³/mol. The van der Waals surface area contributed by atoms with Gasteiger partial charge in [0.1, 0.15) is 11.2 Å². The zero-order valence-corrected chi connectivity index (χ0v) is 19.2. The second-order valence-electron chi connectivity index (χ2n) is 7.72. The summed E-state index contributed by atoms with van der Waals surface area (Å²) in [7, 11) is 0.248. The van der Waals surface area contributed by atoms with Crippen LogP contribution in [0.4, 0.5) is 0 Å². The van der Waals surface area contributed by atoms with Gasteiger partial charge in [-0.15, -0.1) is 0 Å². The largest absolute Gasteiger partial charge is 0.528 e. The summed E-state index contributed by atoms with van der Waals surface area (Å²) in [6.07, 6.45) is 0. The lowest BCUT2D eigenvalue weighted by Gasteiger charge is -2.32. The molecule has 5 nitrogen and oxygen atoms in total. The normalized spacial score (nSPS) is 12.8. The van der Waals surface area contributed by atoms with Crippen LogP contribution in [0.5, 0.6) is 0 Å². The quantitative estimate of drug-likeness (QED) is 0.283. The maximum absolute atomic E-state index is 5.99. The molecule has 0 amide bonds. The highest BCUT2D eigenvalue weighted by atomic mass is 28.4. The van der Waals surface area contributed by atoms with Crippen molar-refractivity contribution in [2.45, 2.75) is 45.5 Å². The third-order valence-electron chi connectivity index (χ3n) is 4.84. The van der Waals surface area contributed by atoms with E-state index in [1.165, 1.54) is 0 Å². The van der Waals surface area contributed by atoms with Crippen molar-refractivity contribution in [3.8, 4) is 0 Å². The molecule has 0 saturated heterocycles. The van der Waals surface area contributed by atoms with Crippen LogP contribution in [-0.4, -0.2) is 23.0 Å². The first kappa shape index (κ1) is 23.5. The second kappa shape index (κ2) is 9.80. The Morgan fingerprint density at radius 2 is 1.38 bits per heavy atom. The molecule has 158 valence electrons. The van der Waals surface area contributed by atoms with Crippen molar-refractivity contribution in [2.24, 2.45) is 0 Å². The lowest BCUT2D eigenvalue weighted by atomic mass is 9.93. The van der Waals surface area contributed by atoms with E-state index >= 15 is 0 Å². The van der Waals surface area contributed by atoms with Crippen LogP contribution in [0.2, 0.25) is 0 Å². The molecule has 0 unspecified atom stereocenters. The Balaban J connectivity index is 2.17. The van der Waals surface area contributed by atoms with Crippen LogP contribution in [0.3, 0.4) is 0 Å². The smallest absolute Gasteiger partial charge is 0.374 e. The molecule has 0 atom stereocenters. The zero-order chi connectivity index (χ0) is 21.5. The van der Waals surface area contributed by atoms with Gasteiger partial charge in [-0.3, -0.25) is 0 Å². The summed E-state index contributed by atoms with van der Waals surface area (Å²) in [5, 5.41) is 0. The molecule has 0 radical (unpaired) electrons. The predicted octanol–water partition coefficient (Wildman–Crippen LogP) is 5.28. The number of rotatable bonds is 11. The molecule has 0 spiro atoms. The first-order valence-electron chi connectivity index (χ1n) is 9.58. The van der Waals surface area contributed by atoms with Crippen molar-refractivity contribution in [3.05, 3.63) is 83.6 Å². The molecule has 2 aromatic rings. The van der Waals surface area contributed by atoms with E-state index in [1.807, 2.05) is 82.3 Å². The van der Waals surface area contributed by atoms with E-state index < -0.39 is 20.0 Å². The summed E-state index contributed by atoms with van der Waals surface area (Å²) >= 11 is 0. The van der Waals surface area contributed by atoms with Gasteiger partial charge in [-0.2, -0.15) is 0 Å². The molecule has 0 aliphatic carbocycles. The minimum absolute atomic E-state index is 0.310. The molecule has 29 heavy (non-hydrogen) atoms. The topological polar surface area (TPSA) is 46.2 Å².